The van der Waals surface area contributed by atoms with Gasteiger partial charge in [-0.15, -0.1) is 0 Å². The molecule has 2 N–H and O–H groups in total. The molecule has 23 heavy (non-hydrogen) atoms. The predicted octanol–water partition coefficient (Wildman–Crippen LogP) is 4.07. The summed E-state index contributed by atoms with van der Waals surface area (Å²) in [5.74, 6) is 0. The van der Waals surface area contributed by atoms with Gasteiger partial charge in [0.15, 0.2) is 0 Å². The van der Waals surface area contributed by atoms with E-state index in [9.17, 15) is 0 Å². The van der Waals surface area contributed by atoms with Crippen molar-refractivity contribution >= 4 is 11.6 Å². The molecule has 122 valence electrons. The van der Waals surface area contributed by atoms with Crippen LogP contribution in [0, 0.1) is 0 Å². The maximum atomic E-state index is 6.10. The third kappa shape index (κ3) is 3.60. The Kier molecular flexibility index (Phi) is 5.37. The molecular weight excluding hydrogens is 304 g/mol. The fraction of sp³-hybridized carbons (Fsp3) is 0.400. The summed E-state index contributed by atoms with van der Waals surface area (Å²) in [7, 11) is 0. The molecule has 2 nitrogen and oxygen atoms in total. The highest BCUT2D eigenvalue weighted by Crippen LogP contribution is 2.41. The van der Waals surface area contributed by atoms with Gasteiger partial charge >= 0.3 is 0 Å². The minimum atomic E-state index is 0.102. The molecule has 1 heterocycles. The van der Waals surface area contributed by atoms with E-state index < -0.39 is 0 Å². The first-order chi connectivity index (χ1) is 11.2. The van der Waals surface area contributed by atoms with Crippen molar-refractivity contribution in [2.75, 3.05) is 26.2 Å². The fourth-order valence-electron chi connectivity index (χ4n) is 3.74. The summed E-state index contributed by atoms with van der Waals surface area (Å²) in [5, 5.41) is 0.803. The lowest BCUT2D eigenvalue weighted by molar-refractivity contribution is 0.178. The van der Waals surface area contributed by atoms with Gasteiger partial charge in [0.05, 0.1) is 0 Å². The van der Waals surface area contributed by atoms with Gasteiger partial charge in [-0.3, -0.25) is 0 Å². The molecule has 0 bridgehead atoms. The Morgan fingerprint density at radius 1 is 0.913 bits per heavy atom. The van der Waals surface area contributed by atoms with E-state index in [-0.39, 0.29) is 5.41 Å². The number of benzene rings is 2. The molecule has 0 unspecified atom stereocenters. The van der Waals surface area contributed by atoms with Gasteiger partial charge in [-0.2, -0.15) is 0 Å². The van der Waals surface area contributed by atoms with Crippen molar-refractivity contribution in [1.82, 2.24) is 4.90 Å². The number of nitrogens with zero attached hydrogens (tertiary/aromatic N) is 1. The smallest absolute Gasteiger partial charge is 0.0406 e. The van der Waals surface area contributed by atoms with Crippen molar-refractivity contribution in [1.29, 1.82) is 0 Å². The van der Waals surface area contributed by atoms with Crippen LogP contribution in [-0.2, 0) is 5.41 Å². The lowest BCUT2D eigenvalue weighted by atomic mass is 9.68. The molecule has 3 rings (SSSR count). The second kappa shape index (κ2) is 7.48. The Morgan fingerprint density at radius 3 is 2.13 bits per heavy atom. The minimum Gasteiger partial charge on any atom is -0.330 e. The van der Waals surface area contributed by atoms with E-state index >= 15 is 0 Å². The Balaban J connectivity index is 1.89. The fourth-order valence-corrected chi connectivity index (χ4v) is 3.87. The maximum Gasteiger partial charge on any atom is 0.0406 e. The van der Waals surface area contributed by atoms with Gasteiger partial charge in [-0.1, -0.05) is 54.1 Å². The Bertz CT molecular complexity index is 601. The molecule has 0 saturated carbocycles. The van der Waals surface area contributed by atoms with Crippen molar-refractivity contribution in [3.8, 4) is 0 Å². The van der Waals surface area contributed by atoms with Gasteiger partial charge in [0.25, 0.3) is 0 Å². The van der Waals surface area contributed by atoms with E-state index in [1.165, 1.54) is 11.1 Å². The van der Waals surface area contributed by atoms with Crippen LogP contribution in [0.15, 0.2) is 54.6 Å². The molecule has 0 aromatic heterocycles. The third-order valence-electron chi connectivity index (χ3n) is 5.11. The van der Waals surface area contributed by atoms with E-state index in [4.69, 9.17) is 17.3 Å². The summed E-state index contributed by atoms with van der Waals surface area (Å²) in [6, 6.07) is 19.4. The van der Waals surface area contributed by atoms with E-state index in [1.807, 2.05) is 12.1 Å². The lowest BCUT2D eigenvalue weighted by Gasteiger charge is -2.43. The molecule has 0 atom stereocenters. The van der Waals surface area contributed by atoms with Crippen molar-refractivity contribution in [3.05, 3.63) is 70.7 Å². The minimum absolute atomic E-state index is 0.102. The van der Waals surface area contributed by atoms with Crippen LogP contribution >= 0.6 is 11.6 Å². The average Bonchev–Trinajstić information content (AvgIpc) is 2.62. The molecule has 1 saturated heterocycles. The molecule has 1 aliphatic rings. The summed E-state index contributed by atoms with van der Waals surface area (Å²) in [4.78, 5) is 2.55. The molecule has 2 aromatic carbocycles. The first kappa shape index (κ1) is 16.5. The van der Waals surface area contributed by atoms with E-state index in [0.29, 0.717) is 0 Å². The number of nitrogens with two attached hydrogens (primary N) is 1. The first-order valence-electron chi connectivity index (χ1n) is 8.49. The van der Waals surface area contributed by atoms with Gasteiger partial charge in [-0.05, 0) is 68.7 Å². The van der Waals surface area contributed by atoms with Crippen molar-refractivity contribution in [2.45, 2.75) is 24.7 Å². The largest absolute Gasteiger partial charge is 0.330 e. The number of hydrogen-bond donors (Lipinski definition) is 1. The van der Waals surface area contributed by atoms with Gasteiger partial charge in [0.1, 0.15) is 0 Å². The standard InChI is InChI=1S/C20H25ClN2/c21-19-9-7-18(8-10-19)20(17-5-2-1-3-6-17)11-15-23(16-12-20)14-4-13-22/h1-3,5-10H,4,11-16,22H2. The van der Waals surface area contributed by atoms with E-state index in [2.05, 4.69) is 47.4 Å². The summed E-state index contributed by atoms with van der Waals surface area (Å²) < 4.78 is 0. The van der Waals surface area contributed by atoms with Gasteiger partial charge < -0.3 is 10.6 Å². The molecular formula is C20H25ClN2. The summed E-state index contributed by atoms with van der Waals surface area (Å²) in [5.41, 5.74) is 8.56. The van der Waals surface area contributed by atoms with Crippen molar-refractivity contribution in [3.63, 3.8) is 0 Å². The van der Waals surface area contributed by atoms with Crippen LogP contribution in [0.1, 0.15) is 30.4 Å². The van der Waals surface area contributed by atoms with Crippen LogP contribution in [-0.4, -0.2) is 31.1 Å². The zero-order chi connectivity index (χ0) is 16.1. The maximum absolute atomic E-state index is 6.10. The van der Waals surface area contributed by atoms with Crippen LogP contribution in [0.5, 0.6) is 0 Å². The molecule has 2 aromatic rings. The number of rotatable bonds is 5. The Morgan fingerprint density at radius 2 is 1.52 bits per heavy atom. The number of hydrogen-bond acceptors (Lipinski definition) is 2. The quantitative estimate of drug-likeness (QED) is 0.896. The molecule has 1 aliphatic heterocycles. The van der Waals surface area contributed by atoms with Crippen LogP contribution < -0.4 is 5.73 Å². The van der Waals surface area contributed by atoms with Crippen molar-refractivity contribution in [2.24, 2.45) is 5.73 Å². The number of piperidine rings is 1. The molecule has 0 aliphatic carbocycles. The first-order valence-corrected chi connectivity index (χ1v) is 8.86. The molecule has 0 spiro atoms. The SMILES string of the molecule is NCCCN1CCC(c2ccccc2)(c2ccc(Cl)cc2)CC1. The van der Waals surface area contributed by atoms with E-state index in [1.54, 1.807) is 0 Å². The molecule has 0 radical (unpaired) electrons. The molecule has 0 amide bonds. The Hall–Kier alpha value is -1.35. The lowest BCUT2D eigenvalue weighted by Crippen LogP contribution is -2.43. The third-order valence-corrected chi connectivity index (χ3v) is 5.36. The topological polar surface area (TPSA) is 29.3 Å². The summed E-state index contributed by atoms with van der Waals surface area (Å²) >= 11 is 6.10. The average molecular weight is 329 g/mol. The second-order valence-corrected chi connectivity index (χ2v) is 6.88. The van der Waals surface area contributed by atoms with Gasteiger partial charge in [0.2, 0.25) is 0 Å². The normalized spacial score (nSPS) is 18.0. The van der Waals surface area contributed by atoms with Crippen LogP contribution in [0.4, 0.5) is 0 Å². The van der Waals surface area contributed by atoms with Crippen LogP contribution in [0.25, 0.3) is 0 Å². The monoisotopic (exact) mass is 328 g/mol. The van der Waals surface area contributed by atoms with Crippen LogP contribution in [0.2, 0.25) is 5.02 Å². The number of halogens is 1. The van der Waals surface area contributed by atoms with E-state index in [0.717, 1.165) is 50.5 Å². The number of likely N-dealkylation sites (tertiary alicyclic amines) is 1. The van der Waals surface area contributed by atoms with Gasteiger partial charge in [0, 0.05) is 10.4 Å². The summed E-state index contributed by atoms with van der Waals surface area (Å²) in [6.45, 7) is 4.13. The summed E-state index contributed by atoms with van der Waals surface area (Å²) in [6.07, 6.45) is 3.37. The van der Waals surface area contributed by atoms with Gasteiger partial charge in [-0.25, -0.2) is 0 Å². The highest BCUT2D eigenvalue weighted by atomic mass is 35.5. The molecule has 3 heteroatoms. The zero-order valence-corrected chi connectivity index (χ0v) is 14.3. The van der Waals surface area contributed by atoms with Crippen molar-refractivity contribution < 1.29 is 0 Å². The second-order valence-electron chi connectivity index (χ2n) is 6.44. The predicted molar refractivity (Wildman–Crippen MR) is 98.0 cm³/mol. The van der Waals surface area contributed by atoms with Crippen LogP contribution in [0.3, 0.4) is 0 Å². The Labute approximate surface area is 144 Å². The molecule has 1 fully saturated rings. The zero-order valence-electron chi connectivity index (χ0n) is 13.5. The highest BCUT2D eigenvalue weighted by molar-refractivity contribution is 6.30. The highest BCUT2D eigenvalue weighted by Gasteiger charge is 2.37.